The molecule has 12 heteroatoms. The number of para-hydroxylation sites is 1. The smallest absolute Gasteiger partial charge is 0.266 e. The van der Waals surface area contributed by atoms with Gasteiger partial charge in [-0.15, -0.1) is 0 Å². The molecule has 0 radical (unpaired) electrons. The van der Waals surface area contributed by atoms with Gasteiger partial charge in [0.15, 0.2) is 21.5 Å². The molecule has 0 aliphatic carbocycles. The fraction of sp³-hybridized carbons (Fsp3) is 0.297. The first kappa shape index (κ1) is 35.4. The van der Waals surface area contributed by atoms with Crippen molar-refractivity contribution in [2.24, 2.45) is 4.99 Å². The molecule has 1 aliphatic rings. The van der Waals surface area contributed by atoms with Crippen LogP contribution in [0, 0.1) is 0 Å². The van der Waals surface area contributed by atoms with Crippen LogP contribution in [-0.4, -0.2) is 70.6 Å². The van der Waals surface area contributed by atoms with Crippen molar-refractivity contribution >= 4 is 21.6 Å². The summed E-state index contributed by atoms with van der Waals surface area (Å²) >= 11 is 0. The maximum Gasteiger partial charge on any atom is 0.266 e. The van der Waals surface area contributed by atoms with Crippen LogP contribution in [0.5, 0.6) is 17.2 Å². The van der Waals surface area contributed by atoms with Gasteiger partial charge in [-0.25, -0.2) is 18.8 Å². The maximum atomic E-state index is 14.4. The lowest BCUT2D eigenvalue weighted by molar-refractivity contribution is -0.130. The molecule has 0 bridgehead atoms. The van der Waals surface area contributed by atoms with Gasteiger partial charge in [0.05, 0.1) is 31.5 Å². The minimum absolute atomic E-state index is 0.0217. The van der Waals surface area contributed by atoms with Crippen LogP contribution in [0.25, 0.3) is 0 Å². The summed E-state index contributed by atoms with van der Waals surface area (Å²) in [5, 5.41) is 9.08. The number of nitrogens with zero attached hydrogens (tertiary/aromatic N) is 1. The number of methoxy groups -OCH3 is 2. The molecule has 1 amide bonds. The molecule has 0 saturated carbocycles. The van der Waals surface area contributed by atoms with Crippen molar-refractivity contribution in [3.8, 4) is 17.2 Å². The first-order valence-electron chi connectivity index (χ1n) is 16.0. The topological polar surface area (TPSA) is 145 Å². The lowest BCUT2D eigenvalue weighted by Crippen LogP contribution is -2.53. The predicted octanol–water partition coefficient (Wildman–Crippen LogP) is 4.45. The van der Waals surface area contributed by atoms with Crippen LogP contribution in [0.15, 0.2) is 113 Å². The van der Waals surface area contributed by atoms with Crippen molar-refractivity contribution < 1.29 is 37.3 Å². The number of hydrogen-bond acceptors (Lipinski definition) is 10. The summed E-state index contributed by atoms with van der Waals surface area (Å²) in [4.78, 5) is 19.5. The van der Waals surface area contributed by atoms with Crippen LogP contribution in [0.2, 0.25) is 0 Å². The van der Waals surface area contributed by atoms with Gasteiger partial charge in [0.1, 0.15) is 17.2 Å². The molecule has 11 nitrogen and oxygen atoms in total. The summed E-state index contributed by atoms with van der Waals surface area (Å²) < 4.78 is 50.3. The van der Waals surface area contributed by atoms with Crippen molar-refractivity contribution in [2.75, 3.05) is 39.7 Å². The number of amides is 1. The van der Waals surface area contributed by atoms with Crippen LogP contribution in [0.4, 0.5) is 0 Å². The first-order valence-corrected chi connectivity index (χ1v) is 17.6. The van der Waals surface area contributed by atoms with Crippen molar-refractivity contribution in [3.63, 3.8) is 0 Å². The van der Waals surface area contributed by atoms with Gasteiger partial charge in [-0.3, -0.25) is 10.2 Å². The summed E-state index contributed by atoms with van der Waals surface area (Å²) in [6.45, 7) is 0.742. The van der Waals surface area contributed by atoms with Gasteiger partial charge in [-0.2, -0.15) is 0 Å². The number of carbonyl (C=O) groups is 1. The van der Waals surface area contributed by atoms with E-state index in [0.29, 0.717) is 48.6 Å². The zero-order chi connectivity index (χ0) is 34.7. The lowest BCUT2D eigenvalue weighted by atomic mass is 9.85. The average molecular weight is 688 g/mol. The Morgan fingerprint density at radius 1 is 0.918 bits per heavy atom. The minimum Gasteiger partial charge on any atom is -0.497 e. The third-order valence-electron chi connectivity index (χ3n) is 8.19. The summed E-state index contributed by atoms with van der Waals surface area (Å²) in [6.07, 6.45) is -0.134. The van der Waals surface area contributed by atoms with Gasteiger partial charge < -0.3 is 24.1 Å². The van der Waals surface area contributed by atoms with Crippen molar-refractivity contribution in [1.82, 2.24) is 10.9 Å². The lowest BCUT2D eigenvalue weighted by Gasteiger charge is -2.30. The monoisotopic (exact) mass is 687 g/mol. The second-order valence-electron chi connectivity index (χ2n) is 11.4. The van der Waals surface area contributed by atoms with Gasteiger partial charge in [0.25, 0.3) is 5.91 Å². The molecule has 1 aliphatic heterocycles. The van der Waals surface area contributed by atoms with Crippen LogP contribution in [0.3, 0.4) is 0 Å². The third kappa shape index (κ3) is 8.58. The number of aliphatic hydroxyl groups is 1. The second-order valence-corrected chi connectivity index (χ2v) is 13.5. The molecule has 0 aromatic heterocycles. The second kappa shape index (κ2) is 16.5. The van der Waals surface area contributed by atoms with Gasteiger partial charge >= 0.3 is 0 Å². The number of sulfone groups is 1. The molecule has 2 atom stereocenters. The fourth-order valence-corrected chi connectivity index (χ4v) is 6.96. The number of benzene rings is 4. The number of rotatable bonds is 17. The summed E-state index contributed by atoms with van der Waals surface area (Å²) in [5.41, 5.74) is 6.23. The van der Waals surface area contributed by atoms with Crippen molar-refractivity contribution in [2.45, 2.75) is 35.8 Å². The zero-order valence-electron chi connectivity index (χ0n) is 27.5. The Bertz CT molecular complexity index is 1830. The van der Waals surface area contributed by atoms with E-state index in [0.717, 1.165) is 11.3 Å². The third-order valence-corrected chi connectivity index (χ3v) is 9.93. The Morgan fingerprint density at radius 3 is 2.41 bits per heavy atom. The van der Waals surface area contributed by atoms with E-state index in [1.165, 1.54) is 12.1 Å². The standard InChI is InChI=1S/C37H41N3O8S/c1-45-31-12-8-11-29(26-31)34-37(21-25-49(43,44)32-13-4-3-5-14-32,36(42)40-38-22-20-27-10-6-7-15-33(27)46-2)39-35(48-34)28-16-18-30(19-17-28)47-24-9-23-41/h3-8,10-19,26,34,38,41H,9,20-25H2,1-2H3,(H,40,42)/t34-,37-/m0/s1. The minimum atomic E-state index is -3.80. The van der Waals surface area contributed by atoms with E-state index in [9.17, 15) is 13.2 Å². The largest absolute Gasteiger partial charge is 0.497 e. The Labute approximate surface area is 286 Å². The molecule has 5 rings (SSSR count). The Kier molecular flexibility index (Phi) is 11.9. The molecule has 4 aromatic rings. The molecule has 0 saturated heterocycles. The number of hydrazine groups is 1. The highest BCUT2D eigenvalue weighted by Gasteiger charge is 2.53. The van der Waals surface area contributed by atoms with Gasteiger partial charge in [-0.1, -0.05) is 48.5 Å². The van der Waals surface area contributed by atoms with E-state index >= 15 is 0 Å². The number of ether oxygens (including phenoxy) is 4. The Morgan fingerprint density at radius 2 is 1.67 bits per heavy atom. The van der Waals surface area contributed by atoms with E-state index in [-0.39, 0.29) is 29.6 Å². The van der Waals surface area contributed by atoms with Gasteiger partial charge in [-0.05, 0) is 72.1 Å². The van der Waals surface area contributed by atoms with Crippen LogP contribution >= 0.6 is 0 Å². The Hall–Kier alpha value is -4.91. The predicted molar refractivity (Wildman–Crippen MR) is 186 cm³/mol. The summed E-state index contributed by atoms with van der Waals surface area (Å²) in [5.74, 6) is 1.12. The van der Waals surface area contributed by atoms with E-state index in [2.05, 4.69) is 10.9 Å². The number of aliphatic imine (C=N–C) groups is 1. The number of hydrogen-bond donors (Lipinski definition) is 3. The first-order chi connectivity index (χ1) is 23.8. The van der Waals surface area contributed by atoms with Crippen LogP contribution < -0.4 is 25.1 Å². The van der Waals surface area contributed by atoms with Crippen LogP contribution in [-0.2, 0) is 25.8 Å². The van der Waals surface area contributed by atoms with E-state index in [1.54, 1.807) is 80.9 Å². The normalized spacial score (nSPS) is 17.1. The molecule has 1 heterocycles. The fourth-order valence-electron chi connectivity index (χ4n) is 5.57. The van der Waals surface area contributed by atoms with Gasteiger partial charge in [0.2, 0.25) is 5.90 Å². The molecule has 3 N–H and O–H groups in total. The van der Waals surface area contributed by atoms with Gasteiger partial charge in [0, 0.05) is 31.6 Å². The summed E-state index contributed by atoms with van der Waals surface area (Å²) in [7, 11) is -0.659. The quantitative estimate of drug-likeness (QED) is 0.108. The van der Waals surface area contributed by atoms with E-state index < -0.39 is 27.4 Å². The van der Waals surface area contributed by atoms with E-state index in [1.807, 2.05) is 24.3 Å². The highest BCUT2D eigenvalue weighted by molar-refractivity contribution is 7.91. The highest BCUT2D eigenvalue weighted by atomic mass is 32.2. The SMILES string of the molecule is COc1cccc([C@@H]2OC(c3ccc(OCCCO)cc3)=N[C@]2(CCS(=O)(=O)c2ccccc2)C(=O)NNCCc2ccccc2OC)c1. The summed E-state index contributed by atoms with van der Waals surface area (Å²) in [6, 6.07) is 29.9. The Balaban J connectivity index is 1.49. The molecule has 258 valence electrons. The number of aliphatic hydroxyl groups excluding tert-OH is 1. The molecule has 4 aromatic carbocycles. The molecule has 49 heavy (non-hydrogen) atoms. The highest BCUT2D eigenvalue weighted by Crippen LogP contribution is 2.43. The van der Waals surface area contributed by atoms with E-state index in [4.69, 9.17) is 29.0 Å². The zero-order valence-corrected chi connectivity index (χ0v) is 28.3. The number of carbonyl (C=O) groups excluding carboxylic acids is 1. The molecular weight excluding hydrogens is 646 g/mol. The number of nitrogens with one attached hydrogen (secondary N) is 2. The average Bonchev–Trinajstić information content (AvgIpc) is 3.54. The molecular formula is C37H41N3O8S. The van der Waals surface area contributed by atoms with Crippen LogP contribution in [0.1, 0.15) is 35.6 Å². The van der Waals surface area contributed by atoms with Crippen molar-refractivity contribution in [3.05, 3.63) is 120 Å². The molecule has 0 unspecified atom stereocenters. The maximum absolute atomic E-state index is 14.4. The molecule has 0 spiro atoms. The van der Waals surface area contributed by atoms with Crippen molar-refractivity contribution in [1.29, 1.82) is 0 Å². The molecule has 0 fully saturated rings.